The zero-order chi connectivity index (χ0) is 21.4. The van der Waals surface area contributed by atoms with Gasteiger partial charge in [0.1, 0.15) is 12.4 Å². The van der Waals surface area contributed by atoms with Crippen LogP contribution >= 0.6 is 0 Å². The first kappa shape index (κ1) is 23.0. The molecule has 8 heteroatoms. The SMILES string of the molecule is CS(=O)(=O)NCC(=O)N1CCCCN2CCCCC2CCc2cccc(c2)OCC1. The van der Waals surface area contributed by atoms with Gasteiger partial charge in [-0.2, -0.15) is 0 Å². The Morgan fingerprint density at radius 1 is 1.10 bits per heavy atom. The smallest absolute Gasteiger partial charge is 0.237 e. The third-order valence-corrected chi connectivity index (χ3v) is 6.67. The van der Waals surface area contributed by atoms with Crippen LogP contribution in [0.15, 0.2) is 24.3 Å². The van der Waals surface area contributed by atoms with E-state index in [0.29, 0.717) is 25.7 Å². The number of amides is 1. The number of carbonyl (C=O) groups is 1. The van der Waals surface area contributed by atoms with Gasteiger partial charge >= 0.3 is 0 Å². The molecule has 1 N–H and O–H groups in total. The second-order valence-electron chi connectivity index (χ2n) is 8.40. The Kier molecular flexibility index (Phi) is 8.53. The van der Waals surface area contributed by atoms with Gasteiger partial charge in [-0.15, -0.1) is 0 Å². The fourth-order valence-electron chi connectivity index (χ4n) is 4.36. The van der Waals surface area contributed by atoms with Gasteiger partial charge in [-0.05, 0) is 69.3 Å². The summed E-state index contributed by atoms with van der Waals surface area (Å²) >= 11 is 0. The molecular formula is C22H35N3O4S. The third-order valence-electron chi connectivity index (χ3n) is 6.01. The normalized spacial score (nSPS) is 22.3. The van der Waals surface area contributed by atoms with Crippen molar-refractivity contribution in [1.82, 2.24) is 14.5 Å². The molecule has 0 aromatic heterocycles. The zero-order valence-corrected chi connectivity index (χ0v) is 18.8. The number of carbonyl (C=O) groups excluding carboxylic acids is 1. The van der Waals surface area contributed by atoms with Crippen molar-refractivity contribution in [3.05, 3.63) is 29.8 Å². The predicted octanol–water partition coefficient (Wildman–Crippen LogP) is 2.02. The number of benzene rings is 1. The number of sulfonamides is 1. The first-order valence-electron chi connectivity index (χ1n) is 11.1. The van der Waals surface area contributed by atoms with E-state index in [-0.39, 0.29) is 12.5 Å². The highest BCUT2D eigenvalue weighted by molar-refractivity contribution is 7.88. The molecule has 1 fully saturated rings. The Balaban J connectivity index is 1.67. The number of fused-ring (bicyclic) bond motifs is 3. The monoisotopic (exact) mass is 437 g/mol. The number of ether oxygens (including phenoxy) is 1. The molecule has 3 rings (SSSR count). The molecule has 2 heterocycles. The van der Waals surface area contributed by atoms with E-state index in [1.54, 1.807) is 4.90 Å². The van der Waals surface area contributed by atoms with Gasteiger partial charge in [-0.25, -0.2) is 13.1 Å². The minimum absolute atomic E-state index is 0.206. The van der Waals surface area contributed by atoms with E-state index in [1.165, 1.54) is 31.2 Å². The summed E-state index contributed by atoms with van der Waals surface area (Å²) < 4.78 is 30.9. The van der Waals surface area contributed by atoms with E-state index in [9.17, 15) is 13.2 Å². The third kappa shape index (κ3) is 7.56. The molecule has 2 aliphatic heterocycles. The Morgan fingerprint density at radius 2 is 1.87 bits per heavy atom. The lowest BCUT2D eigenvalue weighted by Crippen LogP contribution is -2.43. The Labute approximate surface area is 180 Å². The summed E-state index contributed by atoms with van der Waals surface area (Å²) in [6.45, 7) is 3.47. The fourth-order valence-corrected chi connectivity index (χ4v) is 4.75. The van der Waals surface area contributed by atoms with E-state index >= 15 is 0 Å². The molecule has 1 unspecified atom stereocenters. The number of nitrogens with zero attached hydrogens (tertiary/aromatic N) is 2. The van der Waals surface area contributed by atoms with Gasteiger partial charge in [0.2, 0.25) is 15.9 Å². The lowest BCUT2D eigenvalue weighted by molar-refractivity contribution is -0.130. The summed E-state index contributed by atoms with van der Waals surface area (Å²) in [6, 6.07) is 8.87. The van der Waals surface area contributed by atoms with E-state index < -0.39 is 10.0 Å². The largest absolute Gasteiger partial charge is 0.492 e. The minimum Gasteiger partial charge on any atom is -0.492 e. The van der Waals surface area contributed by atoms with Gasteiger partial charge < -0.3 is 14.5 Å². The second-order valence-corrected chi connectivity index (χ2v) is 10.2. The molecule has 30 heavy (non-hydrogen) atoms. The van der Waals surface area contributed by atoms with Crippen molar-refractivity contribution < 1.29 is 17.9 Å². The van der Waals surface area contributed by atoms with Gasteiger partial charge in [-0.1, -0.05) is 18.6 Å². The minimum atomic E-state index is -3.40. The van der Waals surface area contributed by atoms with Crippen LogP contribution in [0.4, 0.5) is 0 Å². The zero-order valence-electron chi connectivity index (χ0n) is 18.0. The molecule has 2 aliphatic rings. The average molecular weight is 438 g/mol. The lowest BCUT2D eigenvalue weighted by atomic mass is 9.95. The van der Waals surface area contributed by atoms with Crippen LogP contribution in [0, 0.1) is 0 Å². The summed E-state index contributed by atoms with van der Waals surface area (Å²) in [4.78, 5) is 16.9. The van der Waals surface area contributed by atoms with Crippen LogP contribution in [0.5, 0.6) is 5.75 Å². The number of hydrogen-bond donors (Lipinski definition) is 1. The molecule has 1 saturated heterocycles. The van der Waals surface area contributed by atoms with Gasteiger partial charge in [0.15, 0.2) is 0 Å². The van der Waals surface area contributed by atoms with E-state index in [4.69, 9.17) is 4.74 Å². The first-order valence-corrected chi connectivity index (χ1v) is 13.0. The molecule has 1 aromatic rings. The molecule has 2 bridgehead atoms. The molecule has 1 atom stereocenters. The highest BCUT2D eigenvalue weighted by Gasteiger charge is 2.22. The average Bonchev–Trinajstić information content (AvgIpc) is 2.72. The topological polar surface area (TPSA) is 79.0 Å². The van der Waals surface area contributed by atoms with Crippen LogP contribution in [-0.2, 0) is 21.2 Å². The van der Waals surface area contributed by atoms with Gasteiger partial charge in [0, 0.05) is 12.6 Å². The summed E-state index contributed by atoms with van der Waals surface area (Å²) in [5.41, 5.74) is 1.29. The van der Waals surface area contributed by atoms with Crippen LogP contribution in [0.1, 0.15) is 44.1 Å². The number of piperidine rings is 1. The van der Waals surface area contributed by atoms with Crippen molar-refractivity contribution in [2.24, 2.45) is 0 Å². The summed E-state index contributed by atoms with van der Waals surface area (Å²) in [6.07, 6.45) is 9.07. The molecular weight excluding hydrogens is 402 g/mol. The molecule has 0 spiro atoms. The maximum atomic E-state index is 12.6. The molecule has 168 valence electrons. The molecule has 0 aliphatic carbocycles. The van der Waals surface area contributed by atoms with E-state index in [1.807, 2.05) is 12.1 Å². The fraction of sp³-hybridized carbons (Fsp3) is 0.682. The van der Waals surface area contributed by atoms with Crippen molar-refractivity contribution in [3.63, 3.8) is 0 Å². The van der Waals surface area contributed by atoms with Crippen LogP contribution in [0.2, 0.25) is 0 Å². The highest BCUT2D eigenvalue weighted by Crippen LogP contribution is 2.23. The van der Waals surface area contributed by atoms with E-state index in [0.717, 1.165) is 44.4 Å². The second kappa shape index (κ2) is 11.1. The molecule has 7 nitrogen and oxygen atoms in total. The Bertz CT molecular complexity index is 799. The Morgan fingerprint density at radius 3 is 2.67 bits per heavy atom. The van der Waals surface area contributed by atoms with Crippen molar-refractivity contribution >= 4 is 15.9 Å². The molecule has 0 saturated carbocycles. The number of nitrogens with one attached hydrogen (secondary N) is 1. The number of rotatable bonds is 3. The van der Waals surface area contributed by atoms with Gasteiger partial charge in [0.25, 0.3) is 0 Å². The lowest BCUT2D eigenvalue weighted by Gasteiger charge is -2.36. The highest BCUT2D eigenvalue weighted by atomic mass is 32.2. The molecule has 1 aromatic carbocycles. The maximum absolute atomic E-state index is 12.6. The standard InChI is InChI=1S/C22H35N3O4S/c1-30(27,28)23-18-22(26)25-14-5-4-13-24-12-3-2-8-20(24)11-10-19-7-6-9-21(17-19)29-16-15-25/h6-7,9,17,20,23H,2-5,8,10-16,18H2,1H3. The van der Waals surface area contributed by atoms with E-state index in [2.05, 4.69) is 21.8 Å². The maximum Gasteiger partial charge on any atom is 0.237 e. The van der Waals surface area contributed by atoms with Crippen molar-refractivity contribution in [3.8, 4) is 5.75 Å². The van der Waals surface area contributed by atoms with Crippen molar-refractivity contribution in [2.75, 3.05) is 45.6 Å². The number of aryl methyl sites for hydroxylation is 1. The summed E-state index contributed by atoms with van der Waals surface area (Å²) in [5.74, 6) is 0.613. The molecule has 0 radical (unpaired) electrons. The van der Waals surface area contributed by atoms with Crippen LogP contribution in [0.3, 0.4) is 0 Å². The van der Waals surface area contributed by atoms with Crippen LogP contribution in [-0.4, -0.2) is 75.8 Å². The number of hydrogen-bond acceptors (Lipinski definition) is 5. The van der Waals surface area contributed by atoms with Crippen LogP contribution < -0.4 is 9.46 Å². The summed E-state index contributed by atoms with van der Waals surface area (Å²) in [7, 11) is -3.40. The first-order chi connectivity index (χ1) is 14.4. The molecule has 1 amide bonds. The van der Waals surface area contributed by atoms with Crippen molar-refractivity contribution in [2.45, 2.75) is 51.0 Å². The predicted molar refractivity (Wildman–Crippen MR) is 118 cm³/mol. The van der Waals surface area contributed by atoms with Crippen molar-refractivity contribution in [1.29, 1.82) is 0 Å². The van der Waals surface area contributed by atoms with Gasteiger partial charge in [-0.3, -0.25) is 4.79 Å². The quantitative estimate of drug-likeness (QED) is 0.783. The van der Waals surface area contributed by atoms with Gasteiger partial charge in [0.05, 0.1) is 19.3 Å². The Hall–Kier alpha value is -1.64. The van der Waals surface area contributed by atoms with Crippen LogP contribution in [0.25, 0.3) is 0 Å². The summed E-state index contributed by atoms with van der Waals surface area (Å²) in [5, 5.41) is 0.